The van der Waals surface area contributed by atoms with Gasteiger partial charge in [-0.05, 0) is 76.5 Å². The van der Waals surface area contributed by atoms with E-state index in [0.29, 0.717) is 12.1 Å². The second-order valence-electron chi connectivity index (χ2n) is 8.46. The summed E-state index contributed by atoms with van der Waals surface area (Å²) in [5, 5.41) is 3.07. The van der Waals surface area contributed by atoms with E-state index in [-0.39, 0.29) is 18.0 Å². The Morgan fingerprint density at radius 1 is 1.17 bits per heavy atom. The number of hydrogen-bond donors (Lipinski definition) is 1. The molecule has 1 aromatic rings. The highest BCUT2D eigenvalue weighted by Crippen LogP contribution is 2.35. The van der Waals surface area contributed by atoms with Crippen LogP contribution in [0.3, 0.4) is 0 Å². The lowest BCUT2D eigenvalue weighted by Crippen LogP contribution is -2.55. The molecule has 0 aromatic heterocycles. The molecule has 29 heavy (non-hydrogen) atoms. The van der Waals surface area contributed by atoms with Crippen molar-refractivity contribution in [1.82, 2.24) is 10.2 Å². The van der Waals surface area contributed by atoms with E-state index in [0.717, 1.165) is 50.0 Å². The molecule has 1 saturated heterocycles. The number of anilines is 1. The Balaban J connectivity index is 1.49. The van der Waals surface area contributed by atoms with Gasteiger partial charge in [0.05, 0.1) is 11.3 Å². The van der Waals surface area contributed by atoms with Crippen molar-refractivity contribution in [2.24, 2.45) is 0 Å². The lowest BCUT2D eigenvalue weighted by Gasteiger charge is -2.44. The molecular weight excluding hydrogens is 362 g/mol. The molecule has 0 bridgehead atoms. The minimum Gasteiger partial charge on any atom is -0.352 e. The van der Waals surface area contributed by atoms with Gasteiger partial charge < -0.3 is 15.1 Å². The van der Waals surface area contributed by atoms with Crippen LogP contribution in [0.1, 0.15) is 85.4 Å². The number of benzene rings is 1. The fraction of sp³-hybridized carbons (Fsp3) is 0.583. The molecule has 1 aromatic carbocycles. The first-order valence-corrected chi connectivity index (χ1v) is 11.4. The summed E-state index contributed by atoms with van der Waals surface area (Å²) in [6, 6.07) is 5.58. The molecule has 1 fully saturated rings. The second kappa shape index (κ2) is 9.02. The lowest BCUT2D eigenvalue weighted by molar-refractivity contribution is 0.0656. The fourth-order valence-corrected chi connectivity index (χ4v) is 5.01. The maximum Gasteiger partial charge on any atom is 0.257 e. The minimum atomic E-state index is -0.0454. The molecule has 1 N–H and O–H groups in total. The first kappa shape index (κ1) is 20.0. The molecule has 4 rings (SSSR count). The minimum absolute atomic E-state index is 0.0454. The Bertz CT molecular complexity index is 801. The summed E-state index contributed by atoms with van der Waals surface area (Å²) >= 11 is 0. The van der Waals surface area contributed by atoms with Gasteiger partial charge in [0.2, 0.25) is 0 Å². The summed E-state index contributed by atoms with van der Waals surface area (Å²) in [5.41, 5.74) is 3.77. The van der Waals surface area contributed by atoms with Gasteiger partial charge in [0.25, 0.3) is 11.8 Å². The van der Waals surface area contributed by atoms with Gasteiger partial charge in [-0.25, -0.2) is 0 Å². The summed E-state index contributed by atoms with van der Waals surface area (Å²) in [5.74, 6) is 0.0730. The summed E-state index contributed by atoms with van der Waals surface area (Å²) < 4.78 is 0. The average Bonchev–Trinajstić information content (AvgIpc) is 3.01. The Labute approximate surface area is 174 Å². The molecule has 5 heteroatoms. The van der Waals surface area contributed by atoms with Gasteiger partial charge in [0, 0.05) is 25.2 Å². The van der Waals surface area contributed by atoms with E-state index in [4.69, 9.17) is 0 Å². The number of allylic oxidation sites excluding steroid dienone is 1. The van der Waals surface area contributed by atoms with Crippen molar-refractivity contribution in [3.05, 3.63) is 41.0 Å². The number of carbonyl (C=O) groups is 2. The third kappa shape index (κ3) is 4.19. The first-order chi connectivity index (χ1) is 14.2. The van der Waals surface area contributed by atoms with E-state index in [1.54, 1.807) is 6.07 Å². The Hall–Kier alpha value is -2.30. The standard InChI is InChI=1S/C24H33N3O2/c1-2-26-21-17-19(23(28)25-15-14-18-9-5-3-6-10-18)12-13-20(21)24(29)27-16-8-4-7-11-22(26)27/h9,12-13,17,22H,2-8,10-11,14-16H2,1H3,(H,25,28)/t22-/m1/s1. The van der Waals surface area contributed by atoms with Crippen LogP contribution in [0.4, 0.5) is 5.69 Å². The lowest BCUT2D eigenvalue weighted by atomic mass is 9.97. The van der Waals surface area contributed by atoms with Crippen LogP contribution in [0.25, 0.3) is 0 Å². The van der Waals surface area contributed by atoms with Crippen LogP contribution in [-0.4, -0.2) is 42.5 Å². The molecular formula is C24H33N3O2. The number of hydrogen-bond acceptors (Lipinski definition) is 3. The van der Waals surface area contributed by atoms with E-state index < -0.39 is 0 Å². The number of nitrogens with zero attached hydrogens (tertiary/aromatic N) is 2. The average molecular weight is 396 g/mol. The van der Waals surface area contributed by atoms with Crippen LogP contribution in [0.15, 0.2) is 29.8 Å². The van der Waals surface area contributed by atoms with E-state index in [2.05, 4.69) is 23.2 Å². The molecule has 3 aliphatic rings. The van der Waals surface area contributed by atoms with Gasteiger partial charge in [-0.15, -0.1) is 0 Å². The van der Waals surface area contributed by atoms with Gasteiger partial charge in [-0.1, -0.05) is 18.1 Å². The first-order valence-electron chi connectivity index (χ1n) is 11.4. The number of carbonyl (C=O) groups excluding carboxylic acids is 2. The molecule has 2 aliphatic heterocycles. The van der Waals surface area contributed by atoms with Crippen LogP contribution < -0.4 is 10.2 Å². The van der Waals surface area contributed by atoms with Crippen molar-refractivity contribution in [2.45, 2.75) is 70.9 Å². The third-order valence-electron chi connectivity index (χ3n) is 6.60. The predicted octanol–water partition coefficient (Wildman–Crippen LogP) is 4.49. The number of amides is 2. The molecule has 1 atom stereocenters. The van der Waals surface area contributed by atoms with Crippen LogP contribution in [0.5, 0.6) is 0 Å². The molecule has 5 nitrogen and oxygen atoms in total. The summed E-state index contributed by atoms with van der Waals surface area (Å²) in [4.78, 5) is 30.2. The highest BCUT2D eigenvalue weighted by Gasteiger charge is 2.37. The zero-order chi connectivity index (χ0) is 20.2. The maximum absolute atomic E-state index is 13.1. The normalized spacial score (nSPS) is 21.8. The quantitative estimate of drug-likeness (QED) is 0.748. The Morgan fingerprint density at radius 2 is 2.07 bits per heavy atom. The van der Waals surface area contributed by atoms with Crippen molar-refractivity contribution in [3.63, 3.8) is 0 Å². The summed E-state index contributed by atoms with van der Waals surface area (Å²) in [6.07, 6.45) is 12.7. The molecule has 1 aliphatic carbocycles. The highest BCUT2D eigenvalue weighted by atomic mass is 16.2. The van der Waals surface area contributed by atoms with Gasteiger partial charge >= 0.3 is 0 Å². The molecule has 156 valence electrons. The summed E-state index contributed by atoms with van der Waals surface area (Å²) in [7, 11) is 0. The zero-order valence-corrected chi connectivity index (χ0v) is 17.6. The van der Waals surface area contributed by atoms with Crippen LogP contribution >= 0.6 is 0 Å². The molecule has 0 radical (unpaired) electrons. The van der Waals surface area contributed by atoms with Gasteiger partial charge in [-0.3, -0.25) is 9.59 Å². The molecule has 2 heterocycles. The third-order valence-corrected chi connectivity index (χ3v) is 6.60. The smallest absolute Gasteiger partial charge is 0.257 e. The van der Waals surface area contributed by atoms with Crippen LogP contribution in [0, 0.1) is 0 Å². The number of nitrogens with one attached hydrogen (secondary N) is 1. The van der Waals surface area contributed by atoms with E-state index in [1.165, 1.54) is 37.7 Å². The number of fused-ring (bicyclic) bond motifs is 2. The van der Waals surface area contributed by atoms with Crippen molar-refractivity contribution < 1.29 is 9.59 Å². The topological polar surface area (TPSA) is 52.7 Å². The van der Waals surface area contributed by atoms with Gasteiger partial charge in [0.15, 0.2) is 0 Å². The zero-order valence-electron chi connectivity index (χ0n) is 17.6. The fourth-order valence-electron chi connectivity index (χ4n) is 5.01. The molecule has 0 spiro atoms. The SMILES string of the molecule is CCN1c2cc(C(=O)NCCC3=CCCCC3)ccc2C(=O)N2CCCCC[C@@H]21. The van der Waals surface area contributed by atoms with E-state index in [1.807, 2.05) is 17.0 Å². The predicted molar refractivity (Wildman–Crippen MR) is 116 cm³/mol. The van der Waals surface area contributed by atoms with Crippen molar-refractivity contribution in [3.8, 4) is 0 Å². The largest absolute Gasteiger partial charge is 0.352 e. The van der Waals surface area contributed by atoms with Crippen LogP contribution in [0.2, 0.25) is 0 Å². The maximum atomic E-state index is 13.1. The molecule has 0 saturated carbocycles. The van der Waals surface area contributed by atoms with Crippen molar-refractivity contribution in [1.29, 1.82) is 0 Å². The molecule has 2 amide bonds. The van der Waals surface area contributed by atoms with Gasteiger partial charge in [-0.2, -0.15) is 0 Å². The highest BCUT2D eigenvalue weighted by molar-refractivity contribution is 6.04. The Morgan fingerprint density at radius 3 is 2.86 bits per heavy atom. The van der Waals surface area contributed by atoms with Crippen LogP contribution in [-0.2, 0) is 0 Å². The second-order valence-corrected chi connectivity index (χ2v) is 8.46. The van der Waals surface area contributed by atoms with Crippen molar-refractivity contribution in [2.75, 3.05) is 24.5 Å². The van der Waals surface area contributed by atoms with Gasteiger partial charge in [0.1, 0.15) is 6.17 Å². The van der Waals surface area contributed by atoms with Crippen molar-refractivity contribution >= 4 is 17.5 Å². The Kier molecular flexibility index (Phi) is 6.22. The summed E-state index contributed by atoms with van der Waals surface area (Å²) in [6.45, 7) is 4.47. The molecule has 0 unspecified atom stereocenters. The number of rotatable bonds is 5. The van der Waals surface area contributed by atoms with E-state index in [9.17, 15) is 9.59 Å². The monoisotopic (exact) mass is 395 g/mol. The van der Waals surface area contributed by atoms with E-state index >= 15 is 0 Å².